The molecule has 0 saturated heterocycles. The Labute approximate surface area is 126 Å². The lowest BCUT2D eigenvalue weighted by Crippen LogP contribution is -2.11. The normalized spacial score (nSPS) is 8.38. The molecule has 0 unspecified atom stereocenters. The molecule has 0 heterocycles. The summed E-state index contributed by atoms with van der Waals surface area (Å²) in [5.74, 6) is 0.644. The second-order valence-corrected chi connectivity index (χ2v) is 3.91. The van der Waals surface area contributed by atoms with Gasteiger partial charge in [-0.3, -0.25) is 0 Å². The van der Waals surface area contributed by atoms with Gasteiger partial charge < -0.3 is 15.5 Å². The SMILES string of the molecule is C=CCNCC=C.Oc1ccccc1.Oc1ccccc1. The van der Waals surface area contributed by atoms with E-state index in [-0.39, 0.29) is 0 Å². The minimum Gasteiger partial charge on any atom is -0.508 e. The van der Waals surface area contributed by atoms with E-state index in [9.17, 15) is 0 Å². The Hall–Kier alpha value is -2.52. The van der Waals surface area contributed by atoms with E-state index < -0.39 is 0 Å². The van der Waals surface area contributed by atoms with Crippen LogP contribution in [0.25, 0.3) is 0 Å². The summed E-state index contributed by atoms with van der Waals surface area (Å²) < 4.78 is 0. The Balaban J connectivity index is 0.000000286. The van der Waals surface area contributed by atoms with Crippen molar-refractivity contribution >= 4 is 0 Å². The van der Waals surface area contributed by atoms with Crippen LogP contribution in [0.3, 0.4) is 0 Å². The zero-order valence-electron chi connectivity index (χ0n) is 12.2. The Bertz CT molecular complexity index is 424. The molecular weight excluding hydrogens is 262 g/mol. The fraction of sp³-hybridized carbons (Fsp3) is 0.111. The van der Waals surface area contributed by atoms with Crippen LogP contribution in [-0.4, -0.2) is 23.3 Å². The smallest absolute Gasteiger partial charge is 0.115 e. The molecule has 0 aliphatic carbocycles. The molecule has 0 amide bonds. The molecule has 3 N–H and O–H groups in total. The minimum atomic E-state index is 0.322. The molecule has 2 aromatic rings. The molecular formula is C18H23NO2. The number of benzene rings is 2. The molecule has 112 valence electrons. The van der Waals surface area contributed by atoms with Gasteiger partial charge in [0.25, 0.3) is 0 Å². The zero-order valence-corrected chi connectivity index (χ0v) is 12.2. The standard InChI is InChI=1S/C6H11N.2C6H6O/c1-3-5-7-6-4-2;2*7-6-4-2-1-3-5-6/h3-4,7H,1-2,5-6H2;2*1-5,7H. The van der Waals surface area contributed by atoms with Gasteiger partial charge in [0.15, 0.2) is 0 Å². The summed E-state index contributed by atoms with van der Waals surface area (Å²) in [6.45, 7) is 8.81. The average Bonchev–Trinajstić information content (AvgIpc) is 2.51. The van der Waals surface area contributed by atoms with Crippen LogP contribution >= 0.6 is 0 Å². The number of aromatic hydroxyl groups is 2. The highest BCUT2D eigenvalue weighted by Gasteiger charge is 1.75. The summed E-state index contributed by atoms with van der Waals surface area (Å²) >= 11 is 0. The highest BCUT2D eigenvalue weighted by atomic mass is 16.3. The van der Waals surface area contributed by atoms with Crippen molar-refractivity contribution < 1.29 is 10.2 Å². The van der Waals surface area contributed by atoms with Gasteiger partial charge in [-0.25, -0.2) is 0 Å². The number of phenolic OH excluding ortho intramolecular Hbond substituents is 2. The molecule has 0 bridgehead atoms. The first-order chi connectivity index (χ1) is 10.2. The van der Waals surface area contributed by atoms with E-state index in [4.69, 9.17) is 10.2 Å². The average molecular weight is 285 g/mol. The molecule has 21 heavy (non-hydrogen) atoms. The Morgan fingerprint density at radius 2 is 1.05 bits per heavy atom. The maximum Gasteiger partial charge on any atom is 0.115 e. The molecule has 2 aromatic carbocycles. The number of hydrogen-bond donors (Lipinski definition) is 3. The van der Waals surface area contributed by atoms with Gasteiger partial charge in [-0.15, -0.1) is 13.2 Å². The van der Waals surface area contributed by atoms with Gasteiger partial charge in [0.1, 0.15) is 11.5 Å². The quantitative estimate of drug-likeness (QED) is 0.592. The molecule has 0 fully saturated rings. The van der Waals surface area contributed by atoms with E-state index in [2.05, 4.69) is 18.5 Å². The van der Waals surface area contributed by atoms with Crippen LogP contribution in [0, 0.1) is 0 Å². The van der Waals surface area contributed by atoms with Gasteiger partial charge in [-0.1, -0.05) is 48.6 Å². The van der Waals surface area contributed by atoms with E-state index >= 15 is 0 Å². The van der Waals surface area contributed by atoms with Gasteiger partial charge in [-0.05, 0) is 24.3 Å². The molecule has 3 nitrogen and oxygen atoms in total. The summed E-state index contributed by atoms with van der Waals surface area (Å²) in [5, 5.41) is 20.3. The predicted molar refractivity (Wildman–Crippen MR) is 89.5 cm³/mol. The molecule has 0 radical (unpaired) electrons. The van der Waals surface area contributed by atoms with Crippen LogP contribution in [-0.2, 0) is 0 Å². The van der Waals surface area contributed by atoms with Crippen LogP contribution in [0.1, 0.15) is 0 Å². The third-order valence-corrected chi connectivity index (χ3v) is 2.09. The Morgan fingerprint density at radius 3 is 1.24 bits per heavy atom. The first-order valence-electron chi connectivity index (χ1n) is 6.61. The third kappa shape index (κ3) is 13.7. The summed E-state index contributed by atoms with van der Waals surface area (Å²) in [6, 6.07) is 17.4. The van der Waals surface area contributed by atoms with E-state index in [1.54, 1.807) is 48.5 Å². The second-order valence-electron chi connectivity index (χ2n) is 3.91. The first kappa shape index (κ1) is 18.5. The Morgan fingerprint density at radius 1 is 0.714 bits per heavy atom. The van der Waals surface area contributed by atoms with E-state index in [0.717, 1.165) is 13.1 Å². The zero-order chi connectivity index (χ0) is 15.8. The topological polar surface area (TPSA) is 52.5 Å². The highest BCUT2D eigenvalue weighted by Crippen LogP contribution is 2.03. The van der Waals surface area contributed by atoms with Crippen molar-refractivity contribution in [1.82, 2.24) is 5.32 Å². The fourth-order valence-corrected chi connectivity index (χ4v) is 1.14. The van der Waals surface area contributed by atoms with Crippen molar-refractivity contribution in [3.8, 4) is 11.5 Å². The van der Waals surface area contributed by atoms with Gasteiger partial charge in [0.05, 0.1) is 0 Å². The van der Waals surface area contributed by atoms with Crippen LogP contribution < -0.4 is 5.32 Å². The van der Waals surface area contributed by atoms with Gasteiger partial charge in [-0.2, -0.15) is 0 Å². The summed E-state index contributed by atoms with van der Waals surface area (Å²) in [7, 11) is 0. The number of rotatable bonds is 4. The van der Waals surface area contributed by atoms with Crippen molar-refractivity contribution in [2.45, 2.75) is 0 Å². The predicted octanol–water partition coefficient (Wildman–Crippen LogP) is 3.73. The van der Waals surface area contributed by atoms with Crippen molar-refractivity contribution in [1.29, 1.82) is 0 Å². The van der Waals surface area contributed by atoms with Crippen molar-refractivity contribution in [2.75, 3.05) is 13.1 Å². The number of nitrogens with one attached hydrogen (secondary N) is 1. The maximum absolute atomic E-state index is 8.63. The lowest BCUT2D eigenvalue weighted by Gasteiger charge is -1.90. The van der Waals surface area contributed by atoms with Gasteiger partial charge >= 0.3 is 0 Å². The molecule has 0 spiro atoms. The van der Waals surface area contributed by atoms with Crippen molar-refractivity contribution in [3.05, 3.63) is 86.0 Å². The largest absolute Gasteiger partial charge is 0.508 e. The van der Waals surface area contributed by atoms with Crippen molar-refractivity contribution in [3.63, 3.8) is 0 Å². The lowest BCUT2D eigenvalue weighted by molar-refractivity contribution is 0.475. The number of hydrogen-bond acceptors (Lipinski definition) is 3. The van der Waals surface area contributed by atoms with Gasteiger partial charge in [0, 0.05) is 13.1 Å². The summed E-state index contributed by atoms with van der Waals surface area (Å²) in [5.41, 5.74) is 0. The van der Waals surface area contributed by atoms with E-state index in [1.165, 1.54) is 0 Å². The second kappa shape index (κ2) is 13.9. The van der Waals surface area contributed by atoms with E-state index in [1.807, 2.05) is 24.3 Å². The number of para-hydroxylation sites is 2. The molecule has 0 aromatic heterocycles. The minimum absolute atomic E-state index is 0.322. The molecule has 2 rings (SSSR count). The molecule has 0 atom stereocenters. The van der Waals surface area contributed by atoms with Crippen LogP contribution in [0.4, 0.5) is 0 Å². The Kier molecular flexibility index (Phi) is 12.2. The maximum atomic E-state index is 8.63. The van der Waals surface area contributed by atoms with E-state index in [0.29, 0.717) is 11.5 Å². The monoisotopic (exact) mass is 285 g/mol. The molecule has 0 aliphatic heterocycles. The fourth-order valence-electron chi connectivity index (χ4n) is 1.14. The van der Waals surface area contributed by atoms with Gasteiger partial charge in [0.2, 0.25) is 0 Å². The summed E-state index contributed by atoms with van der Waals surface area (Å²) in [6.07, 6.45) is 3.65. The van der Waals surface area contributed by atoms with Crippen LogP contribution in [0.2, 0.25) is 0 Å². The van der Waals surface area contributed by atoms with Crippen molar-refractivity contribution in [2.24, 2.45) is 0 Å². The third-order valence-electron chi connectivity index (χ3n) is 2.09. The highest BCUT2D eigenvalue weighted by molar-refractivity contribution is 5.19. The first-order valence-corrected chi connectivity index (χ1v) is 6.61. The van der Waals surface area contributed by atoms with Crippen LogP contribution in [0.5, 0.6) is 11.5 Å². The lowest BCUT2D eigenvalue weighted by atomic mass is 10.3. The molecule has 0 saturated carbocycles. The number of phenols is 2. The molecule has 0 aliphatic rings. The summed E-state index contributed by atoms with van der Waals surface area (Å²) in [4.78, 5) is 0. The molecule has 3 heteroatoms. The van der Waals surface area contributed by atoms with Crippen LogP contribution in [0.15, 0.2) is 86.0 Å².